The Morgan fingerprint density at radius 3 is 2.42 bits per heavy atom. The van der Waals surface area contributed by atoms with Crippen LogP contribution in [0.4, 0.5) is 5.69 Å². The number of anilines is 1. The molecule has 6 N–H and O–H groups in total. The van der Waals surface area contributed by atoms with E-state index >= 15 is 0 Å². The quantitative estimate of drug-likeness (QED) is 0.580. The first kappa shape index (κ1) is 18.1. The summed E-state index contributed by atoms with van der Waals surface area (Å²) in [6, 6.07) is 8.74. The number of sulfonamides is 1. The zero-order chi connectivity index (χ0) is 17.9. The van der Waals surface area contributed by atoms with E-state index in [1.807, 2.05) is 4.72 Å². The van der Waals surface area contributed by atoms with Gasteiger partial charge in [0.25, 0.3) is 15.9 Å². The average molecular weight is 370 g/mol. The highest BCUT2D eigenvalue weighted by atomic mass is 35.5. The number of nitrogens with two attached hydrogens (primary N) is 2. The molecule has 9 heteroatoms. The molecular formula is C15H16ClN3O4S. The van der Waals surface area contributed by atoms with Gasteiger partial charge in [-0.05, 0) is 42.3 Å². The van der Waals surface area contributed by atoms with Crippen molar-refractivity contribution in [2.75, 3.05) is 5.73 Å². The number of aromatic hydroxyl groups is 1. The Bertz CT molecular complexity index is 854. The molecular weight excluding hydrogens is 354 g/mol. The standard InChI is InChI=1S/C15H16ClN3O4S/c16-12-8-11(5-6-13(12)17)24(22,23)19-15(21)14(18)7-9-1-3-10(20)4-2-9/h1-6,8,14,20H,7,17-18H2,(H,19,21). The molecule has 1 amide bonds. The number of hydrogen-bond acceptors (Lipinski definition) is 6. The number of rotatable bonds is 5. The number of halogens is 1. The highest BCUT2D eigenvalue weighted by Gasteiger charge is 2.23. The molecule has 0 aromatic heterocycles. The SMILES string of the molecule is Nc1ccc(S(=O)(=O)NC(=O)C(N)Cc2ccc(O)cc2)cc1Cl. The van der Waals surface area contributed by atoms with Gasteiger partial charge in [-0.1, -0.05) is 23.7 Å². The first-order chi connectivity index (χ1) is 11.2. The number of hydrogen-bond donors (Lipinski definition) is 4. The lowest BCUT2D eigenvalue weighted by atomic mass is 10.1. The van der Waals surface area contributed by atoms with Crippen molar-refractivity contribution in [1.82, 2.24) is 4.72 Å². The summed E-state index contributed by atoms with van der Waals surface area (Å²) in [6.45, 7) is 0. The summed E-state index contributed by atoms with van der Waals surface area (Å²) in [5.41, 5.74) is 12.2. The van der Waals surface area contributed by atoms with Gasteiger partial charge >= 0.3 is 0 Å². The predicted molar refractivity (Wildman–Crippen MR) is 91.0 cm³/mol. The molecule has 0 saturated carbocycles. The van der Waals surface area contributed by atoms with Crippen LogP contribution < -0.4 is 16.2 Å². The summed E-state index contributed by atoms with van der Waals surface area (Å²) in [5.74, 6) is -0.768. The van der Waals surface area contributed by atoms with Crippen LogP contribution in [0.5, 0.6) is 5.75 Å². The largest absolute Gasteiger partial charge is 0.508 e. The number of phenolic OH excluding ortho intramolecular Hbond substituents is 1. The minimum atomic E-state index is -4.10. The molecule has 0 fully saturated rings. The van der Waals surface area contributed by atoms with Crippen LogP contribution in [0.1, 0.15) is 5.56 Å². The molecule has 0 heterocycles. The monoisotopic (exact) mass is 369 g/mol. The van der Waals surface area contributed by atoms with Gasteiger partial charge in [0.05, 0.1) is 21.6 Å². The van der Waals surface area contributed by atoms with Crippen molar-refractivity contribution in [2.45, 2.75) is 17.4 Å². The van der Waals surface area contributed by atoms with Gasteiger partial charge in [-0.15, -0.1) is 0 Å². The van der Waals surface area contributed by atoms with E-state index in [-0.39, 0.29) is 27.8 Å². The van der Waals surface area contributed by atoms with Crippen molar-refractivity contribution < 1.29 is 18.3 Å². The molecule has 1 atom stereocenters. The fourth-order valence-corrected chi connectivity index (χ4v) is 3.22. The van der Waals surface area contributed by atoms with E-state index in [1.54, 1.807) is 12.1 Å². The minimum absolute atomic E-state index is 0.0683. The van der Waals surface area contributed by atoms with Crippen molar-refractivity contribution in [3.63, 3.8) is 0 Å². The molecule has 1 unspecified atom stereocenters. The molecule has 24 heavy (non-hydrogen) atoms. The van der Waals surface area contributed by atoms with Crippen LogP contribution in [-0.4, -0.2) is 25.5 Å². The summed E-state index contributed by atoms with van der Waals surface area (Å²) >= 11 is 5.79. The Kier molecular flexibility index (Phi) is 5.33. The number of nitrogens with one attached hydrogen (secondary N) is 1. The van der Waals surface area contributed by atoms with E-state index in [0.717, 1.165) is 6.07 Å². The van der Waals surface area contributed by atoms with Gasteiger partial charge in [0.15, 0.2) is 0 Å². The summed E-state index contributed by atoms with van der Waals surface area (Å²) < 4.78 is 26.3. The Morgan fingerprint density at radius 1 is 1.21 bits per heavy atom. The molecule has 2 aromatic carbocycles. The summed E-state index contributed by atoms with van der Waals surface area (Å²) in [6.07, 6.45) is 0.115. The second kappa shape index (κ2) is 7.08. The van der Waals surface area contributed by atoms with Gasteiger partial charge in [-0.25, -0.2) is 13.1 Å². The Labute approximate surface area is 144 Å². The molecule has 0 aliphatic rings. The number of amides is 1. The average Bonchev–Trinajstić information content (AvgIpc) is 2.51. The number of phenols is 1. The molecule has 2 aromatic rings. The fourth-order valence-electron chi connectivity index (χ4n) is 1.92. The number of benzene rings is 2. The molecule has 0 aliphatic heterocycles. The summed E-state index contributed by atoms with van der Waals surface area (Å²) in [5, 5.41) is 9.28. The first-order valence-electron chi connectivity index (χ1n) is 6.84. The molecule has 0 bridgehead atoms. The van der Waals surface area contributed by atoms with Gasteiger partial charge < -0.3 is 16.6 Å². The van der Waals surface area contributed by atoms with E-state index in [2.05, 4.69) is 0 Å². The van der Waals surface area contributed by atoms with Crippen molar-refractivity contribution >= 4 is 33.2 Å². The van der Waals surface area contributed by atoms with Crippen molar-refractivity contribution in [3.05, 3.63) is 53.1 Å². The fraction of sp³-hybridized carbons (Fsp3) is 0.133. The van der Waals surface area contributed by atoms with Gasteiger partial charge in [-0.2, -0.15) is 0 Å². The molecule has 0 spiro atoms. The number of carbonyl (C=O) groups excluding carboxylic acids is 1. The Balaban J connectivity index is 2.09. The molecule has 0 saturated heterocycles. The zero-order valence-electron chi connectivity index (χ0n) is 12.4. The maximum absolute atomic E-state index is 12.2. The van der Waals surface area contributed by atoms with Crippen LogP contribution in [0.2, 0.25) is 5.02 Å². The lowest BCUT2D eigenvalue weighted by molar-refractivity contribution is -0.120. The van der Waals surface area contributed by atoms with E-state index in [1.165, 1.54) is 24.3 Å². The third-order valence-electron chi connectivity index (χ3n) is 3.25. The highest BCUT2D eigenvalue weighted by molar-refractivity contribution is 7.90. The second-order valence-corrected chi connectivity index (χ2v) is 7.22. The Morgan fingerprint density at radius 2 is 1.83 bits per heavy atom. The van der Waals surface area contributed by atoms with Crippen molar-refractivity contribution in [2.24, 2.45) is 5.73 Å². The van der Waals surface area contributed by atoms with E-state index in [4.69, 9.17) is 23.1 Å². The molecule has 0 aliphatic carbocycles. The van der Waals surface area contributed by atoms with Crippen molar-refractivity contribution in [3.8, 4) is 5.75 Å². The third-order valence-corrected chi connectivity index (χ3v) is 4.92. The first-order valence-corrected chi connectivity index (χ1v) is 8.70. The Hall–Kier alpha value is -2.29. The normalized spacial score (nSPS) is 12.6. The van der Waals surface area contributed by atoms with Crippen LogP contribution in [0.25, 0.3) is 0 Å². The number of carbonyl (C=O) groups is 1. The van der Waals surface area contributed by atoms with Gasteiger partial charge in [-0.3, -0.25) is 4.79 Å². The maximum Gasteiger partial charge on any atom is 0.264 e. The molecule has 2 rings (SSSR count). The third kappa shape index (κ3) is 4.38. The smallest absolute Gasteiger partial charge is 0.264 e. The highest BCUT2D eigenvalue weighted by Crippen LogP contribution is 2.22. The van der Waals surface area contributed by atoms with Crippen LogP contribution in [0, 0.1) is 0 Å². The lowest BCUT2D eigenvalue weighted by Gasteiger charge is -2.13. The van der Waals surface area contributed by atoms with Crippen molar-refractivity contribution in [1.29, 1.82) is 0 Å². The molecule has 128 valence electrons. The minimum Gasteiger partial charge on any atom is -0.508 e. The van der Waals surface area contributed by atoms with Gasteiger partial charge in [0.1, 0.15) is 5.75 Å². The molecule has 0 radical (unpaired) electrons. The van der Waals surface area contributed by atoms with Crippen LogP contribution >= 0.6 is 11.6 Å². The summed E-state index contributed by atoms with van der Waals surface area (Å²) in [7, 11) is -4.10. The van der Waals surface area contributed by atoms with Gasteiger partial charge in [0, 0.05) is 0 Å². The van der Waals surface area contributed by atoms with Crippen LogP contribution in [0.15, 0.2) is 47.4 Å². The lowest BCUT2D eigenvalue weighted by Crippen LogP contribution is -2.44. The zero-order valence-corrected chi connectivity index (χ0v) is 14.0. The summed E-state index contributed by atoms with van der Waals surface area (Å²) in [4.78, 5) is 11.8. The van der Waals surface area contributed by atoms with E-state index < -0.39 is 22.0 Å². The van der Waals surface area contributed by atoms with E-state index in [0.29, 0.717) is 5.56 Å². The van der Waals surface area contributed by atoms with Gasteiger partial charge in [0.2, 0.25) is 0 Å². The maximum atomic E-state index is 12.2. The number of nitrogen functional groups attached to an aromatic ring is 1. The molecule has 7 nitrogen and oxygen atoms in total. The second-order valence-electron chi connectivity index (χ2n) is 5.13. The van der Waals surface area contributed by atoms with Crippen LogP contribution in [0.3, 0.4) is 0 Å². The topological polar surface area (TPSA) is 136 Å². The predicted octanol–water partition coefficient (Wildman–Crippen LogP) is 1.00. The van der Waals surface area contributed by atoms with E-state index in [9.17, 15) is 18.3 Å². The van der Waals surface area contributed by atoms with Crippen LogP contribution in [-0.2, 0) is 21.2 Å².